The van der Waals surface area contributed by atoms with Crippen LogP contribution >= 0.6 is 0 Å². The summed E-state index contributed by atoms with van der Waals surface area (Å²) in [7, 11) is 0. The summed E-state index contributed by atoms with van der Waals surface area (Å²) >= 11 is 0. The van der Waals surface area contributed by atoms with Crippen molar-refractivity contribution in [1.82, 2.24) is 0 Å². The maximum Gasteiger partial charge on any atom is 0.112 e. The van der Waals surface area contributed by atoms with Gasteiger partial charge in [-0.3, -0.25) is 0 Å². The molecule has 0 N–H and O–H groups in total. The van der Waals surface area contributed by atoms with E-state index in [1.54, 1.807) is 0 Å². The first-order chi connectivity index (χ1) is 14.7. The Morgan fingerprint density at radius 2 is 1.17 bits per heavy atom. The van der Waals surface area contributed by atoms with Crippen LogP contribution in [0, 0.1) is 0 Å². The average molecular weight is 437 g/mol. The third kappa shape index (κ3) is 18.4. The van der Waals surface area contributed by atoms with Crippen LogP contribution < -0.4 is 0 Å². The first-order valence-corrected chi connectivity index (χ1v) is 11.1. The molecule has 4 saturated heterocycles. The first kappa shape index (κ1) is 25.9. The third-order valence-electron chi connectivity index (χ3n) is 4.13. The lowest BCUT2D eigenvalue weighted by molar-refractivity contribution is 0.00290. The maximum absolute atomic E-state index is 5.40. The van der Waals surface area contributed by atoms with Crippen LogP contribution in [0.5, 0.6) is 0 Å². The van der Waals surface area contributed by atoms with Crippen molar-refractivity contribution in [2.75, 3.05) is 99.1 Å². The molecule has 0 saturated carbocycles. The second-order valence-corrected chi connectivity index (χ2v) is 7.69. The van der Waals surface area contributed by atoms with Gasteiger partial charge in [0.1, 0.15) is 17.8 Å². The van der Waals surface area contributed by atoms with E-state index in [-0.39, 0.29) is 5.60 Å². The van der Waals surface area contributed by atoms with Crippen molar-refractivity contribution in [3.8, 4) is 0 Å². The van der Waals surface area contributed by atoms with Crippen LogP contribution in [0.2, 0.25) is 0 Å². The molecule has 0 amide bonds. The predicted octanol–water partition coefficient (Wildman–Crippen LogP) is 1.07. The average Bonchev–Trinajstić information content (AvgIpc) is 3.58. The van der Waals surface area contributed by atoms with E-state index in [0.29, 0.717) is 65.1 Å². The number of hydrogen-bond acceptors (Lipinski definition) is 9. The van der Waals surface area contributed by atoms with Crippen LogP contribution in [0.15, 0.2) is 0 Å². The Balaban J connectivity index is 0.000000197. The van der Waals surface area contributed by atoms with Crippen LogP contribution in [0.25, 0.3) is 0 Å². The molecule has 0 aromatic carbocycles. The molecule has 0 radical (unpaired) electrons. The van der Waals surface area contributed by atoms with Gasteiger partial charge < -0.3 is 42.6 Å². The molecule has 4 heterocycles. The highest BCUT2D eigenvalue weighted by molar-refractivity contribution is 4.86. The lowest BCUT2D eigenvalue weighted by Gasteiger charge is -2.07. The van der Waals surface area contributed by atoms with Crippen LogP contribution in [0.1, 0.15) is 20.3 Å². The highest BCUT2D eigenvalue weighted by Gasteiger charge is 2.39. The minimum Gasteiger partial charge on any atom is -0.379 e. The lowest BCUT2D eigenvalue weighted by atomic mass is 10.2. The largest absolute Gasteiger partial charge is 0.379 e. The summed E-state index contributed by atoms with van der Waals surface area (Å²) in [4.78, 5) is 0. The Labute approximate surface area is 180 Å². The van der Waals surface area contributed by atoms with E-state index in [4.69, 9.17) is 37.9 Å². The maximum atomic E-state index is 5.40. The highest BCUT2D eigenvalue weighted by atomic mass is 16.6. The van der Waals surface area contributed by atoms with Gasteiger partial charge in [0.25, 0.3) is 0 Å². The van der Waals surface area contributed by atoms with Gasteiger partial charge >= 0.3 is 0 Å². The van der Waals surface area contributed by atoms with Crippen LogP contribution in [0.3, 0.4) is 0 Å². The number of hydrogen-bond donors (Lipinski definition) is 0. The van der Waals surface area contributed by atoms with E-state index < -0.39 is 0 Å². The quantitative estimate of drug-likeness (QED) is 0.245. The van der Waals surface area contributed by atoms with E-state index in [1.807, 2.05) is 6.92 Å². The fourth-order valence-corrected chi connectivity index (χ4v) is 1.95. The summed E-state index contributed by atoms with van der Waals surface area (Å²) in [5.41, 5.74) is -0.0205. The summed E-state index contributed by atoms with van der Waals surface area (Å²) in [6.07, 6.45) is 1.79. The van der Waals surface area contributed by atoms with Gasteiger partial charge in [0.2, 0.25) is 0 Å². The molecule has 4 aliphatic rings. The summed E-state index contributed by atoms with van der Waals surface area (Å²) in [5.74, 6) is 0. The Kier molecular flexibility index (Phi) is 14.1. The normalized spacial score (nSPS) is 27.4. The molecule has 0 spiro atoms. The van der Waals surface area contributed by atoms with Crippen LogP contribution in [0.4, 0.5) is 0 Å². The summed E-state index contributed by atoms with van der Waals surface area (Å²) < 4.78 is 46.2. The van der Waals surface area contributed by atoms with E-state index in [2.05, 4.69) is 11.7 Å². The van der Waals surface area contributed by atoms with Crippen molar-refractivity contribution >= 4 is 0 Å². The molecule has 0 aromatic heterocycles. The Morgan fingerprint density at radius 3 is 1.57 bits per heavy atom. The second kappa shape index (κ2) is 16.3. The van der Waals surface area contributed by atoms with Crippen LogP contribution in [-0.2, 0) is 42.6 Å². The fraction of sp³-hybridized carbons (Fsp3) is 1.00. The van der Waals surface area contributed by atoms with E-state index in [1.165, 1.54) is 0 Å². The van der Waals surface area contributed by atoms with Crippen molar-refractivity contribution in [2.24, 2.45) is 0 Å². The predicted molar refractivity (Wildman–Crippen MR) is 109 cm³/mol. The zero-order valence-electron chi connectivity index (χ0n) is 18.6. The molecule has 3 unspecified atom stereocenters. The zero-order chi connectivity index (χ0) is 21.3. The molecular weight excluding hydrogens is 396 g/mol. The van der Waals surface area contributed by atoms with Gasteiger partial charge in [0.15, 0.2) is 0 Å². The molecule has 30 heavy (non-hydrogen) atoms. The topological polar surface area (TPSA) is 96.3 Å². The smallest absolute Gasteiger partial charge is 0.112 e. The van der Waals surface area contributed by atoms with Crippen molar-refractivity contribution in [3.63, 3.8) is 0 Å². The van der Waals surface area contributed by atoms with Gasteiger partial charge in [-0.25, -0.2) is 0 Å². The van der Waals surface area contributed by atoms with Gasteiger partial charge in [0, 0.05) is 6.61 Å². The van der Waals surface area contributed by atoms with E-state index in [0.717, 1.165) is 52.7 Å². The third-order valence-corrected chi connectivity index (χ3v) is 4.13. The number of epoxide rings is 4. The highest BCUT2D eigenvalue weighted by Crippen LogP contribution is 2.25. The second-order valence-electron chi connectivity index (χ2n) is 7.69. The molecular formula is C21H40O9. The lowest BCUT2D eigenvalue weighted by Crippen LogP contribution is -2.17. The standard InChI is InChI=1S/C11H20O5.C8H16O3.C2H4O/c1-11(9-16-11)8-14-5-3-12-2-4-13-6-10-7-15-10;1-2-3-9-4-5-10-6-8-7-11-8;1-2-3-1/h10H,2-9H2,1H3;8H,2-7H2,1H3;1-2H2. The number of rotatable bonds is 17. The van der Waals surface area contributed by atoms with Gasteiger partial charge in [-0.15, -0.1) is 0 Å². The minimum absolute atomic E-state index is 0.0205. The minimum atomic E-state index is -0.0205. The van der Waals surface area contributed by atoms with Gasteiger partial charge in [-0.1, -0.05) is 6.92 Å². The molecule has 0 aromatic rings. The summed E-state index contributed by atoms with van der Waals surface area (Å²) in [6.45, 7) is 15.5. The molecule has 4 rings (SSSR count). The Bertz CT molecular complexity index is 393. The molecule has 4 fully saturated rings. The van der Waals surface area contributed by atoms with Gasteiger partial charge in [0.05, 0.1) is 92.5 Å². The number of ether oxygens (including phenoxy) is 9. The zero-order valence-corrected chi connectivity index (χ0v) is 18.6. The summed E-state index contributed by atoms with van der Waals surface area (Å²) in [6, 6.07) is 0. The fourth-order valence-electron chi connectivity index (χ4n) is 1.95. The molecule has 4 aliphatic heterocycles. The Morgan fingerprint density at radius 1 is 0.733 bits per heavy atom. The summed E-state index contributed by atoms with van der Waals surface area (Å²) in [5, 5.41) is 0. The van der Waals surface area contributed by atoms with Crippen LogP contribution in [-0.4, -0.2) is 117 Å². The van der Waals surface area contributed by atoms with Crippen molar-refractivity contribution < 1.29 is 42.6 Å². The van der Waals surface area contributed by atoms with E-state index in [9.17, 15) is 0 Å². The molecule has 3 atom stereocenters. The monoisotopic (exact) mass is 436 g/mol. The molecule has 0 bridgehead atoms. The molecule has 9 nitrogen and oxygen atoms in total. The van der Waals surface area contributed by atoms with E-state index >= 15 is 0 Å². The SMILES string of the molecule is C1CO1.CC1(COCCOCCOCC2CO2)CO1.CCCOCCOCC1CO1. The van der Waals surface area contributed by atoms with Crippen molar-refractivity contribution in [3.05, 3.63) is 0 Å². The van der Waals surface area contributed by atoms with Gasteiger partial charge in [-0.05, 0) is 13.3 Å². The van der Waals surface area contributed by atoms with Crippen molar-refractivity contribution in [2.45, 2.75) is 38.1 Å². The molecule has 178 valence electrons. The first-order valence-electron chi connectivity index (χ1n) is 11.1. The Hall–Kier alpha value is -0.360. The molecule has 0 aliphatic carbocycles. The van der Waals surface area contributed by atoms with Crippen molar-refractivity contribution in [1.29, 1.82) is 0 Å². The molecule has 9 heteroatoms. The van der Waals surface area contributed by atoms with Gasteiger partial charge in [-0.2, -0.15) is 0 Å².